The van der Waals surface area contributed by atoms with Gasteiger partial charge in [0.1, 0.15) is 5.60 Å². The number of ether oxygens (including phenoxy) is 2. The molecule has 2 aliphatic rings. The third kappa shape index (κ3) is 1.64. The second-order valence-electron chi connectivity index (χ2n) is 3.84. The van der Waals surface area contributed by atoms with Crippen molar-refractivity contribution in [2.45, 2.75) is 31.8 Å². The molecule has 0 amide bonds. The zero-order chi connectivity index (χ0) is 10.2. The Morgan fingerprint density at radius 2 is 2.14 bits per heavy atom. The van der Waals surface area contributed by atoms with Crippen molar-refractivity contribution >= 4 is 11.9 Å². The Morgan fingerprint density at radius 1 is 1.36 bits per heavy atom. The molecule has 0 saturated carbocycles. The molecule has 2 saturated heterocycles. The van der Waals surface area contributed by atoms with Crippen LogP contribution in [0, 0.1) is 0 Å². The predicted octanol–water partition coefficient (Wildman–Crippen LogP) is 0.955. The molecule has 0 spiro atoms. The number of esters is 2. The smallest absolute Gasteiger partial charge is 0.333 e. The third-order valence-corrected chi connectivity index (χ3v) is 2.52. The quantitative estimate of drug-likeness (QED) is 0.463. The van der Waals surface area contributed by atoms with E-state index in [0.29, 0.717) is 31.4 Å². The zero-order valence-electron chi connectivity index (χ0n) is 8.04. The summed E-state index contributed by atoms with van der Waals surface area (Å²) in [5.41, 5.74) is 0.0256. The van der Waals surface area contributed by atoms with Crippen LogP contribution in [0.3, 0.4) is 0 Å². The molecular formula is C10H12O4. The highest BCUT2D eigenvalue weighted by molar-refractivity contribution is 5.90. The summed E-state index contributed by atoms with van der Waals surface area (Å²) in [5, 5.41) is 0. The van der Waals surface area contributed by atoms with Gasteiger partial charge in [0.15, 0.2) is 0 Å². The van der Waals surface area contributed by atoms with E-state index in [1.165, 1.54) is 0 Å². The monoisotopic (exact) mass is 196 g/mol. The first-order chi connectivity index (χ1) is 6.59. The molecule has 14 heavy (non-hydrogen) atoms. The van der Waals surface area contributed by atoms with Crippen molar-refractivity contribution in [2.75, 3.05) is 6.61 Å². The molecule has 2 heterocycles. The number of carbonyl (C=O) groups excluding carboxylic acids is 2. The molecule has 2 rings (SSSR count). The van der Waals surface area contributed by atoms with Crippen LogP contribution in [-0.2, 0) is 19.1 Å². The summed E-state index contributed by atoms with van der Waals surface area (Å²) in [6, 6.07) is 0. The Balaban J connectivity index is 2.16. The van der Waals surface area contributed by atoms with Gasteiger partial charge >= 0.3 is 11.9 Å². The standard InChI is InChI=1S/C10H12O4/c1-10(4-2-8(11)14-10)6-7-3-5-13-9(7)12/h6H,2-5H2,1H3/b7-6+/t10-/m1/s1. The van der Waals surface area contributed by atoms with Gasteiger partial charge in [0, 0.05) is 24.8 Å². The Labute approximate surface area is 81.9 Å². The van der Waals surface area contributed by atoms with Crippen LogP contribution < -0.4 is 0 Å². The van der Waals surface area contributed by atoms with E-state index in [9.17, 15) is 9.59 Å². The first-order valence-corrected chi connectivity index (χ1v) is 4.70. The third-order valence-electron chi connectivity index (χ3n) is 2.52. The molecule has 4 nitrogen and oxygen atoms in total. The zero-order valence-corrected chi connectivity index (χ0v) is 8.04. The largest absolute Gasteiger partial charge is 0.462 e. The fourth-order valence-electron chi connectivity index (χ4n) is 1.76. The van der Waals surface area contributed by atoms with Crippen molar-refractivity contribution in [2.24, 2.45) is 0 Å². The summed E-state index contributed by atoms with van der Waals surface area (Å²) in [6.07, 6.45) is 3.41. The van der Waals surface area contributed by atoms with E-state index < -0.39 is 5.60 Å². The summed E-state index contributed by atoms with van der Waals surface area (Å²) >= 11 is 0. The molecule has 2 aliphatic heterocycles. The highest BCUT2D eigenvalue weighted by atomic mass is 16.6. The van der Waals surface area contributed by atoms with E-state index in [4.69, 9.17) is 9.47 Å². The van der Waals surface area contributed by atoms with E-state index in [1.54, 1.807) is 6.08 Å². The summed E-state index contributed by atoms with van der Waals surface area (Å²) in [6.45, 7) is 2.26. The van der Waals surface area contributed by atoms with Gasteiger partial charge in [-0.05, 0) is 13.0 Å². The highest BCUT2D eigenvalue weighted by Gasteiger charge is 2.35. The van der Waals surface area contributed by atoms with Crippen LogP contribution in [0.5, 0.6) is 0 Å². The minimum Gasteiger partial charge on any atom is -0.462 e. The second-order valence-corrected chi connectivity index (χ2v) is 3.84. The van der Waals surface area contributed by atoms with Gasteiger partial charge in [-0.2, -0.15) is 0 Å². The van der Waals surface area contributed by atoms with Crippen LogP contribution in [0.2, 0.25) is 0 Å². The van der Waals surface area contributed by atoms with Crippen LogP contribution in [0.25, 0.3) is 0 Å². The molecule has 76 valence electrons. The fourth-order valence-corrected chi connectivity index (χ4v) is 1.76. The molecule has 0 aliphatic carbocycles. The first-order valence-electron chi connectivity index (χ1n) is 4.70. The lowest BCUT2D eigenvalue weighted by molar-refractivity contribution is -0.144. The number of carbonyl (C=O) groups is 2. The lowest BCUT2D eigenvalue weighted by Gasteiger charge is -2.17. The van der Waals surface area contributed by atoms with Crippen LogP contribution in [-0.4, -0.2) is 24.1 Å². The molecular weight excluding hydrogens is 184 g/mol. The van der Waals surface area contributed by atoms with Gasteiger partial charge in [0.2, 0.25) is 0 Å². The summed E-state index contributed by atoms with van der Waals surface area (Å²) in [5.74, 6) is -0.482. The van der Waals surface area contributed by atoms with Crippen LogP contribution in [0.15, 0.2) is 11.6 Å². The van der Waals surface area contributed by atoms with Crippen molar-refractivity contribution in [1.29, 1.82) is 0 Å². The summed E-state index contributed by atoms with van der Waals surface area (Å²) in [7, 11) is 0. The predicted molar refractivity (Wildman–Crippen MR) is 47.4 cm³/mol. The maximum absolute atomic E-state index is 11.2. The van der Waals surface area contributed by atoms with Crippen molar-refractivity contribution in [3.8, 4) is 0 Å². The molecule has 0 aromatic carbocycles. The summed E-state index contributed by atoms with van der Waals surface area (Å²) in [4.78, 5) is 22.1. The minimum absolute atomic E-state index is 0.198. The Bertz CT molecular complexity index is 318. The number of hydrogen-bond acceptors (Lipinski definition) is 4. The van der Waals surface area contributed by atoms with Gasteiger partial charge in [0.25, 0.3) is 0 Å². The Kier molecular flexibility index (Phi) is 2.06. The van der Waals surface area contributed by atoms with Crippen LogP contribution >= 0.6 is 0 Å². The number of rotatable bonds is 1. The van der Waals surface area contributed by atoms with Crippen molar-refractivity contribution in [1.82, 2.24) is 0 Å². The van der Waals surface area contributed by atoms with Gasteiger partial charge in [-0.1, -0.05) is 0 Å². The molecule has 0 radical (unpaired) electrons. The second kappa shape index (κ2) is 3.12. The van der Waals surface area contributed by atoms with E-state index >= 15 is 0 Å². The number of hydrogen-bond donors (Lipinski definition) is 0. The normalized spacial score (nSPS) is 34.8. The average molecular weight is 196 g/mol. The molecule has 0 aromatic rings. The Hall–Kier alpha value is -1.32. The average Bonchev–Trinajstić information content (AvgIpc) is 2.62. The Morgan fingerprint density at radius 3 is 2.64 bits per heavy atom. The molecule has 4 heteroatoms. The van der Waals surface area contributed by atoms with E-state index in [1.807, 2.05) is 6.92 Å². The maximum Gasteiger partial charge on any atom is 0.333 e. The van der Waals surface area contributed by atoms with Crippen molar-refractivity contribution < 1.29 is 19.1 Å². The van der Waals surface area contributed by atoms with Gasteiger partial charge in [-0.25, -0.2) is 4.79 Å². The van der Waals surface area contributed by atoms with Crippen LogP contribution in [0.4, 0.5) is 0 Å². The van der Waals surface area contributed by atoms with E-state index in [0.717, 1.165) is 0 Å². The van der Waals surface area contributed by atoms with Gasteiger partial charge < -0.3 is 9.47 Å². The van der Waals surface area contributed by atoms with Gasteiger partial charge in [-0.3, -0.25) is 4.79 Å². The molecule has 0 bridgehead atoms. The lowest BCUT2D eigenvalue weighted by atomic mass is 9.99. The van der Waals surface area contributed by atoms with E-state index in [-0.39, 0.29) is 11.9 Å². The minimum atomic E-state index is -0.601. The molecule has 0 N–H and O–H groups in total. The van der Waals surface area contributed by atoms with Gasteiger partial charge in [-0.15, -0.1) is 0 Å². The molecule has 2 fully saturated rings. The first kappa shape index (κ1) is 9.24. The SMILES string of the molecule is C[C@]1(/C=C2\CCOC2=O)CCC(=O)O1. The van der Waals surface area contributed by atoms with Crippen molar-refractivity contribution in [3.63, 3.8) is 0 Å². The fraction of sp³-hybridized carbons (Fsp3) is 0.600. The van der Waals surface area contributed by atoms with Crippen molar-refractivity contribution in [3.05, 3.63) is 11.6 Å². The van der Waals surface area contributed by atoms with E-state index in [2.05, 4.69) is 0 Å². The maximum atomic E-state index is 11.2. The topological polar surface area (TPSA) is 52.6 Å². The van der Waals surface area contributed by atoms with Gasteiger partial charge in [0.05, 0.1) is 6.61 Å². The molecule has 0 aromatic heterocycles. The molecule has 0 unspecified atom stereocenters. The lowest BCUT2D eigenvalue weighted by Crippen LogP contribution is -2.21. The highest BCUT2D eigenvalue weighted by Crippen LogP contribution is 2.30. The summed E-state index contributed by atoms with van der Waals surface area (Å²) < 4.78 is 9.94. The van der Waals surface area contributed by atoms with Crippen LogP contribution in [0.1, 0.15) is 26.2 Å². The molecule has 1 atom stereocenters. The number of cyclic esters (lactones) is 2.